The second-order valence-corrected chi connectivity index (χ2v) is 5.33. The van der Waals surface area contributed by atoms with Crippen LogP contribution in [0, 0.1) is 0 Å². The standard InChI is InChI=1S/C19H19N3O/c1-2-3-13-20-22-19(23)18-17(14-9-5-4-6-10-14)15-11-7-8-12-16(15)21-18/h4-13,21H,2-3H2,1H3,(H,22,23)/b20-13+. The Kier molecular flexibility index (Phi) is 4.52. The van der Waals surface area contributed by atoms with Gasteiger partial charge in [0.15, 0.2) is 0 Å². The molecule has 3 rings (SSSR count). The molecule has 1 aromatic heterocycles. The third kappa shape index (κ3) is 3.16. The Labute approximate surface area is 135 Å². The molecule has 2 N–H and O–H groups in total. The average molecular weight is 305 g/mol. The van der Waals surface area contributed by atoms with Gasteiger partial charge in [0.2, 0.25) is 0 Å². The minimum atomic E-state index is -0.229. The Hall–Kier alpha value is -2.88. The fraction of sp³-hybridized carbons (Fsp3) is 0.158. The minimum absolute atomic E-state index is 0.229. The van der Waals surface area contributed by atoms with Gasteiger partial charge in [-0.15, -0.1) is 0 Å². The predicted octanol–water partition coefficient (Wildman–Crippen LogP) is 4.35. The summed E-state index contributed by atoms with van der Waals surface area (Å²) in [7, 11) is 0. The van der Waals surface area contributed by atoms with Gasteiger partial charge >= 0.3 is 0 Å². The molecule has 0 fully saturated rings. The summed E-state index contributed by atoms with van der Waals surface area (Å²) in [5.74, 6) is -0.229. The van der Waals surface area contributed by atoms with Gasteiger partial charge in [-0.25, -0.2) is 5.43 Å². The molecule has 4 nitrogen and oxygen atoms in total. The summed E-state index contributed by atoms with van der Waals surface area (Å²) in [6, 6.07) is 17.8. The first-order valence-corrected chi connectivity index (χ1v) is 7.79. The van der Waals surface area contributed by atoms with Crippen LogP contribution in [0.3, 0.4) is 0 Å². The number of unbranched alkanes of at least 4 members (excludes halogenated alkanes) is 1. The lowest BCUT2D eigenvalue weighted by Crippen LogP contribution is -2.18. The van der Waals surface area contributed by atoms with Gasteiger partial charge in [-0.1, -0.05) is 61.9 Å². The molecule has 0 saturated carbocycles. The van der Waals surface area contributed by atoms with Crippen molar-refractivity contribution in [3.8, 4) is 11.1 Å². The highest BCUT2D eigenvalue weighted by atomic mass is 16.2. The van der Waals surface area contributed by atoms with E-state index in [0.29, 0.717) is 5.69 Å². The zero-order chi connectivity index (χ0) is 16.1. The van der Waals surface area contributed by atoms with Crippen molar-refractivity contribution in [3.63, 3.8) is 0 Å². The summed E-state index contributed by atoms with van der Waals surface area (Å²) in [5, 5.41) is 5.03. The molecule has 0 aliphatic carbocycles. The van der Waals surface area contributed by atoms with Crippen molar-refractivity contribution in [2.24, 2.45) is 5.10 Å². The molecular weight excluding hydrogens is 286 g/mol. The molecule has 0 saturated heterocycles. The number of hydrogen-bond donors (Lipinski definition) is 2. The van der Waals surface area contributed by atoms with Crippen LogP contribution in [0.5, 0.6) is 0 Å². The Morgan fingerprint density at radius 3 is 2.65 bits per heavy atom. The number of carbonyl (C=O) groups is 1. The van der Waals surface area contributed by atoms with Crippen molar-refractivity contribution in [1.82, 2.24) is 10.4 Å². The summed E-state index contributed by atoms with van der Waals surface area (Å²) in [6.07, 6.45) is 3.57. The van der Waals surface area contributed by atoms with Crippen molar-refractivity contribution >= 4 is 23.0 Å². The van der Waals surface area contributed by atoms with Crippen LogP contribution < -0.4 is 5.43 Å². The van der Waals surface area contributed by atoms with Crippen LogP contribution in [0.4, 0.5) is 0 Å². The topological polar surface area (TPSA) is 57.2 Å². The molecule has 0 atom stereocenters. The van der Waals surface area contributed by atoms with Crippen LogP contribution in [-0.4, -0.2) is 17.1 Å². The van der Waals surface area contributed by atoms with Crippen LogP contribution in [0.2, 0.25) is 0 Å². The highest BCUT2D eigenvalue weighted by Crippen LogP contribution is 2.32. The average Bonchev–Trinajstić information content (AvgIpc) is 2.99. The van der Waals surface area contributed by atoms with Crippen LogP contribution in [-0.2, 0) is 0 Å². The van der Waals surface area contributed by atoms with E-state index < -0.39 is 0 Å². The van der Waals surface area contributed by atoms with Gasteiger partial charge in [-0.05, 0) is 18.1 Å². The fourth-order valence-corrected chi connectivity index (χ4v) is 2.57. The zero-order valence-corrected chi connectivity index (χ0v) is 13.0. The fourth-order valence-electron chi connectivity index (χ4n) is 2.57. The SMILES string of the molecule is CCC/C=N/NC(=O)c1[nH]c2ccccc2c1-c1ccccc1. The van der Waals surface area contributed by atoms with Gasteiger partial charge in [0.05, 0.1) is 0 Å². The predicted molar refractivity (Wildman–Crippen MR) is 94.6 cm³/mol. The molecule has 0 bridgehead atoms. The summed E-state index contributed by atoms with van der Waals surface area (Å²) in [6.45, 7) is 2.07. The second-order valence-electron chi connectivity index (χ2n) is 5.33. The summed E-state index contributed by atoms with van der Waals surface area (Å²) >= 11 is 0. The zero-order valence-electron chi connectivity index (χ0n) is 13.0. The van der Waals surface area contributed by atoms with Crippen LogP contribution in [0.15, 0.2) is 59.7 Å². The molecule has 3 aromatic rings. The number of aromatic nitrogens is 1. The minimum Gasteiger partial charge on any atom is -0.350 e. The lowest BCUT2D eigenvalue weighted by Gasteiger charge is -2.04. The number of fused-ring (bicyclic) bond motifs is 1. The molecule has 116 valence electrons. The first-order chi connectivity index (χ1) is 11.3. The van der Waals surface area contributed by atoms with Crippen LogP contribution >= 0.6 is 0 Å². The Morgan fingerprint density at radius 2 is 1.87 bits per heavy atom. The highest BCUT2D eigenvalue weighted by molar-refractivity contribution is 6.09. The Balaban J connectivity index is 2.04. The van der Waals surface area contributed by atoms with Gasteiger partial charge in [-0.3, -0.25) is 4.79 Å². The van der Waals surface area contributed by atoms with E-state index in [1.54, 1.807) is 6.21 Å². The number of para-hydroxylation sites is 1. The van der Waals surface area contributed by atoms with Gasteiger partial charge < -0.3 is 4.98 Å². The van der Waals surface area contributed by atoms with E-state index in [1.165, 1.54) is 0 Å². The number of H-pyrrole nitrogens is 1. The second kappa shape index (κ2) is 6.92. The number of amides is 1. The van der Waals surface area contributed by atoms with E-state index in [0.717, 1.165) is 34.9 Å². The third-order valence-corrected chi connectivity index (χ3v) is 3.67. The maximum Gasteiger partial charge on any atom is 0.288 e. The van der Waals surface area contributed by atoms with Crippen molar-refractivity contribution in [1.29, 1.82) is 0 Å². The maximum absolute atomic E-state index is 12.5. The van der Waals surface area contributed by atoms with Gasteiger partial charge in [-0.2, -0.15) is 5.10 Å². The number of hydrazone groups is 1. The molecule has 23 heavy (non-hydrogen) atoms. The number of benzene rings is 2. The molecule has 1 amide bonds. The van der Waals surface area contributed by atoms with Gasteiger partial charge in [0, 0.05) is 22.7 Å². The van der Waals surface area contributed by atoms with Crippen LogP contribution in [0.1, 0.15) is 30.3 Å². The molecule has 1 heterocycles. The Morgan fingerprint density at radius 1 is 1.13 bits per heavy atom. The first-order valence-electron chi connectivity index (χ1n) is 7.79. The van der Waals surface area contributed by atoms with E-state index in [1.807, 2.05) is 54.6 Å². The van der Waals surface area contributed by atoms with E-state index in [4.69, 9.17) is 0 Å². The van der Waals surface area contributed by atoms with Crippen molar-refractivity contribution in [2.45, 2.75) is 19.8 Å². The maximum atomic E-state index is 12.5. The van der Waals surface area contributed by atoms with Crippen molar-refractivity contribution in [3.05, 3.63) is 60.3 Å². The largest absolute Gasteiger partial charge is 0.350 e. The number of rotatable bonds is 5. The number of hydrogen-bond acceptors (Lipinski definition) is 2. The number of nitrogens with one attached hydrogen (secondary N) is 2. The molecule has 0 radical (unpaired) electrons. The number of carbonyl (C=O) groups excluding carboxylic acids is 1. The molecule has 0 aliphatic heterocycles. The normalized spacial score (nSPS) is 11.2. The van der Waals surface area contributed by atoms with E-state index in [9.17, 15) is 4.79 Å². The van der Waals surface area contributed by atoms with E-state index in [-0.39, 0.29) is 5.91 Å². The molecule has 2 aromatic carbocycles. The summed E-state index contributed by atoms with van der Waals surface area (Å²) in [4.78, 5) is 15.7. The van der Waals surface area contributed by atoms with Gasteiger partial charge in [0.1, 0.15) is 5.69 Å². The monoisotopic (exact) mass is 305 g/mol. The van der Waals surface area contributed by atoms with Crippen molar-refractivity contribution in [2.75, 3.05) is 0 Å². The molecule has 0 spiro atoms. The summed E-state index contributed by atoms with van der Waals surface area (Å²) < 4.78 is 0. The van der Waals surface area contributed by atoms with Crippen LogP contribution in [0.25, 0.3) is 22.0 Å². The van der Waals surface area contributed by atoms with E-state index in [2.05, 4.69) is 22.4 Å². The van der Waals surface area contributed by atoms with Gasteiger partial charge in [0.25, 0.3) is 5.91 Å². The lowest BCUT2D eigenvalue weighted by molar-refractivity contribution is 0.0951. The van der Waals surface area contributed by atoms with Crippen molar-refractivity contribution < 1.29 is 4.79 Å². The molecular formula is C19H19N3O. The highest BCUT2D eigenvalue weighted by Gasteiger charge is 2.18. The molecule has 0 aliphatic rings. The lowest BCUT2D eigenvalue weighted by atomic mass is 10.0. The Bertz CT molecular complexity index is 834. The molecule has 0 unspecified atom stereocenters. The number of aromatic amines is 1. The molecule has 4 heteroatoms. The third-order valence-electron chi connectivity index (χ3n) is 3.67. The quantitative estimate of drug-likeness (QED) is 0.534. The first kappa shape index (κ1) is 15.0. The summed E-state index contributed by atoms with van der Waals surface area (Å²) in [5.41, 5.74) is 5.99. The van der Waals surface area contributed by atoms with E-state index >= 15 is 0 Å². The number of nitrogens with zero attached hydrogens (tertiary/aromatic N) is 1. The smallest absolute Gasteiger partial charge is 0.288 e.